The first kappa shape index (κ1) is 17.0. The largest absolute Gasteiger partial charge is 0.491 e. The van der Waals surface area contributed by atoms with Crippen molar-refractivity contribution in [3.63, 3.8) is 0 Å². The van der Waals surface area contributed by atoms with Gasteiger partial charge in [0, 0.05) is 18.2 Å². The van der Waals surface area contributed by atoms with Crippen molar-refractivity contribution < 1.29 is 19.4 Å². The highest BCUT2D eigenvalue weighted by atomic mass is 16.5. The Labute approximate surface area is 145 Å². The molecule has 2 N–H and O–H groups in total. The van der Waals surface area contributed by atoms with E-state index in [-0.39, 0.29) is 23.4 Å². The highest BCUT2D eigenvalue weighted by molar-refractivity contribution is 5.97. The Kier molecular flexibility index (Phi) is 4.70. The Hall–Kier alpha value is -2.89. The number of carbonyl (C=O) groups is 2. The van der Waals surface area contributed by atoms with Crippen LogP contribution in [0.2, 0.25) is 0 Å². The van der Waals surface area contributed by atoms with Gasteiger partial charge in [-0.2, -0.15) is 0 Å². The van der Waals surface area contributed by atoms with Crippen LogP contribution in [0.3, 0.4) is 0 Å². The van der Waals surface area contributed by atoms with Crippen LogP contribution in [-0.4, -0.2) is 28.6 Å². The molecule has 6 nitrogen and oxygen atoms in total. The van der Waals surface area contributed by atoms with E-state index >= 15 is 0 Å². The van der Waals surface area contributed by atoms with Crippen molar-refractivity contribution in [2.24, 2.45) is 0 Å². The molecule has 0 spiro atoms. The number of hydrogen-bond acceptors (Lipinski definition) is 4. The number of amides is 1. The van der Waals surface area contributed by atoms with Crippen LogP contribution in [0.25, 0.3) is 0 Å². The van der Waals surface area contributed by atoms with Crippen LogP contribution < -0.4 is 10.1 Å². The van der Waals surface area contributed by atoms with Gasteiger partial charge in [0.1, 0.15) is 11.4 Å². The number of carbonyl (C=O) groups excluding carboxylic acids is 1. The van der Waals surface area contributed by atoms with E-state index in [2.05, 4.69) is 10.3 Å². The minimum absolute atomic E-state index is 0.00400. The summed E-state index contributed by atoms with van der Waals surface area (Å²) in [5.41, 5.74) is 2.03. The number of nitrogens with zero attached hydrogens (tertiary/aromatic N) is 1. The van der Waals surface area contributed by atoms with Crippen molar-refractivity contribution in [1.29, 1.82) is 0 Å². The van der Waals surface area contributed by atoms with Crippen LogP contribution in [0.1, 0.15) is 64.2 Å². The van der Waals surface area contributed by atoms with Crippen molar-refractivity contribution in [3.05, 3.63) is 58.9 Å². The molecular formula is C19H20N2O4. The summed E-state index contributed by atoms with van der Waals surface area (Å²) < 4.78 is 5.55. The third kappa shape index (κ3) is 3.47. The molecule has 2 aromatic rings. The molecular weight excluding hydrogens is 320 g/mol. The summed E-state index contributed by atoms with van der Waals surface area (Å²) in [6, 6.07) is 8.09. The SMILES string of the molecule is CC(C)c1cc(C(=O)NC2CCOc3cccnc32)ccc1C(=O)O. The predicted molar refractivity (Wildman–Crippen MR) is 92.0 cm³/mol. The van der Waals surface area contributed by atoms with Crippen molar-refractivity contribution in [1.82, 2.24) is 10.3 Å². The molecule has 0 saturated heterocycles. The first-order valence-electron chi connectivity index (χ1n) is 8.23. The fraction of sp³-hybridized carbons (Fsp3) is 0.316. The third-order valence-electron chi connectivity index (χ3n) is 4.27. The number of carboxylic acids is 1. The number of aromatic nitrogens is 1. The summed E-state index contributed by atoms with van der Waals surface area (Å²) in [5.74, 6) is -0.548. The van der Waals surface area contributed by atoms with Gasteiger partial charge < -0.3 is 15.2 Å². The summed E-state index contributed by atoms with van der Waals surface area (Å²) >= 11 is 0. The maximum Gasteiger partial charge on any atom is 0.335 e. The lowest BCUT2D eigenvalue weighted by molar-refractivity contribution is 0.0694. The van der Waals surface area contributed by atoms with E-state index in [1.165, 1.54) is 6.07 Å². The molecule has 130 valence electrons. The van der Waals surface area contributed by atoms with Crippen LogP contribution in [-0.2, 0) is 0 Å². The van der Waals surface area contributed by atoms with Crippen molar-refractivity contribution in [3.8, 4) is 5.75 Å². The number of fused-ring (bicyclic) bond motifs is 1. The summed E-state index contributed by atoms with van der Waals surface area (Å²) in [6.45, 7) is 4.32. The van der Waals surface area contributed by atoms with E-state index in [1.54, 1.807) is 24.4 Å². The zero-order valence-corrected chi connectivity index (χ0v) is 14.2. The Morgan fingerprint density at radius 1 is 1.32 bits per heavy atom. The van der Waals surface area contributed by atoms with Gasteiger partial charge in [0.15, 0.2) is 0 Å². The topological polar surface area (TPSA) is 88.5 Å². The Bertz CT molecular complexity index is 817. The molecule has 0 fully saturated rings. The van der Waals surface area contributed by atoms with Gasteiger partial charge >= 0.3 is 5.97 Å². The zero-order valence-electron chi connectivity index (χ0n) is 14.2. The standard InChI is InChI=1S/C19H20N2O4/c1-11(2)14-10-12(5-6-13(14)19(23)24)18(22)21-15-7-9-25-16-4-3-8-20-17(15)16/h3-6,8,10-11,15H,7,9H2,1-2H3,(H,21,22)(H,23,24). The van der Waals surface area contributed by atoms with Gasteiger partial charge in [0.2, 0.25) is 0 Å². The Balaban J connectivity index is 1.85. The minimum atomic E-state index is -0.988. The lowest BCUT2D eigenvalue weighted by atomic mass is 9.94. The molecule has 0 saturated carbocycles. The number of benzene rings is 1. The highest BCUT2D eigenvalue weighted by Crippen LogP contribution is 2.30. The van der Waals surface area contributed by atoms with Crippen LogP contribution >= 0.6 is 0 Å². The van der Waals surface area contributed by atoms with Gasteiger partial charge in [-0.1, -0.05) is 13.8 Å². The summed E-state index contributed by atoms with van der Waals surface area (Å²) in [5, 5.41) is 12.3. The smallest absolute Gasteiger partial charge is 0.335 e. The minimum Gasteiger partial charge on any atom is -0.491 e. The van der Waals surface area contributed by atoms with E-state index in [0.29, 0.717) is 35.6 Å². The average Bonchev–Trinajstić information content (AvgIpc) is 2.61. The second kappa shape index (κ2) is 6.93. The Morgan fingerprint density at radius 3 is 2.84 bits per heavy atom. The van der Waals surface area contributed by atoms with Crippen LogP contribution in [0, 0.1) is 0 Å². The lowest BCUT2D eigenvalue weighted by Gasteiger charge is -2.25. The normalized spacial score (nSPS) is 16.0. The molecule has 0 radical (unpaired) electrons. The fourth-order valence-electron chi connectivity index (χ4n) is 2.97. The molecule has 25 heavy (non-hydrogen) atoms. The number of aromatic carboxylic acids is 1. The maximum absolute atomic E-state index is 12.7. The number of hydrogen-bond donors (Lipinski definition) is 2. The second-order valence-corrected chi connectivity index (χ2v) is 6.31. The molecule has 1 aromatic carbocycles. The van der Waals surface area contributed by atoms with E-state index in [9.17, 15) is 14.7 Å². The molecule has 1 aromatic heterocycles. The number of rotatable bonds is 4. The number of ether oxygens (including phenoxy) is 1. The monoisotopic (exact) mass is 340 g/mol. The third-order valence-corrected chi connectivity index (χ3v) is 4.27. The molecule has 2 heterocycles. The molecule has 3 rings (SSSR count). The van der Waals surface area contributed by atoms with Crippen LogP contribution in [0.4, 0.5) is 0 Å². The van der Waals surface area contributed by atoms with Gasteiger partial charge in [-0.05, 0) is 41.8 Å². The van der Waals surface area contributed by atoms with Gasteiger partial charge in [-0.25, -0.2) is 4.79 Å². The molecule has 1 aliphatic rings. The van der Waals surface area contributed by atoms with E-state index < -0.39 is 5.97 Å². The summed E-state index contributed by atoms with van der Waals surface area (Å²) in [6.07, 6.45) is 2.31. The average molecular weight is 340 g/mol. The molecule has 0 bridgehead atoms. The van der Waals surface area contributed by atoms with E-state index in [0.717, 1.165) is 0 Å². The maximum atomic E-state index is 12.7. The second-order valence-electron chi connectivity index (χ2n) is 6.31. The predicted octanol–water partition coefficient (Wildman–Crippen LogP) is 3.16. The molecule has 1 aliphatic heterocycles. The zero-order chi connectivity index (χ0) is 18.0. The molecule has 1 amide bonds. The number of nitrogens with one attached hydrogen (secondary N) is 1. The molecule has 0 aliphatic carbocycles. The molecule has 1 atom stereocenters. The molecule has 6 heteroatoms. The van der Waals surface area contributed by atoms with Gasteiger partial charge in [-0.15, -0.1) is 0 Å². The number of carboxylic acid groups (broad SMARTS) is 1. The van der Waals surface area contributed by atoms with Gasteiger partial charge in [-0.3, -0.25) is 9.78 Å². The van der Waals surface area contributed by atoms with Gasteiger partial charge in [0.25, 0.3) is 5.91 Å². The fourth-order valence-corrected chi connectivity index (χ4v) is 2.97. The summed E-state index contributed by atoms with van der Waals surface area (Å²) in [7, 11) is 0. The Morgan fingerprint density at radius 2 is 2.12 bits per heavy atom. The van der Waals surface area contributed by atoms with Gasteiger partial charge in [0.05, 0.1) is 18.2 Å². The highest BCUT2D eigenvalue weighted by Gasteiger charge is 2.25. The first-order chi connectivity index (χ1) is 12.0. The summed E-state index contributed by atoms with van der Waals surface area (Å²) in [4.78, 5) is 28.3. The van der Waals surface area contributed by atoms with Crippen molar-refractivity contribution in [2.45, 2.75) is 32.2 Å². The molecule has 1 unspecified atom stereocenters. The van der Waals surface area contributed by atoms with E-state index in [4.69, 9.17) is 4.74 Å². The van der Waals surface area contributed by atoms with Crippen molar-refractivity contribution in [2.75, 3.05) is 6.61 Å². The van der Waals surface area contributed by atoms with Crippen molar-refractivity contribution >= 4 is 11.9 Å². The van der Waals surface area contributed by atoms with Crippen LogP contribution in [0.5, 0.6) is 5.75 Å². The van der Waals surface area contributed by atoms with E-state index in [1.807, 2.05) is 19.9 Å². The quantitative estimate of drug-likeness (QED) is 0.892. The lowest BCUT2D eigenvalue weighted by Crippen LogP contribution is -2.33. The van der Waals surface area contributed by atoms with Crippen LogP contribution in [0.15, 0.2) is 36.5 Å². The first-order valence-corrected chi connectivity index (χ1v) is 8.23. The number of pyridine rings is 1.